The van der Waals surface area contributed by atoms with E-state index in [-0.39, 0.29) is 0 Å². The third-order valence-corrected chi connectivity index (χ3v) is 4.93. The zero-order valence-electron chi connectivity index (χ0n) is 14.0. The van der Waals surface area contributed by atoms with Gasteiger partial charge >= 0.3 is 0 Å². The summed E-state index contributed by atoms with van der Waals surface area (Å²) < 4.78 is 0. The quantitative estimate of drug-likeness (QED) is 0.726. The van der Waals surface area contributed by atoms with Gasteiger partial charge in [-0.3, -0.25) is 4.98 Å². The number of benzene rings is 1. The maximum Gasteiger partial charge on any atom is 0.0738 e. The van der Waals surface area contributed by atoms with E-state index in [1.807, 2.05) is 24.3 Å². The second kappa shape index (κ2) is 6.40. The first-order valence-corrected chi connectivity index (χ1v) is 8.56. The van der Waals surface area contributed by atoms with Gasteiger partial charge in [-0.15, -0.1) is 0 Å². The molecule has 0 fully saturated rings. The van der Waals surface area contributed by atoms with Gasteiger partial charge in [0.25, 0.3) is 0 Å². The monoisotopic (exact) mass is 329 g/mol. The molecular formula is C19H24ClN3. The summed E-state index contributed by atoms with van der Waals surface area (Å²) in [5.41, 5.74) is 10.3. The largest absolute Gasteiger partial charge is 0.305 e. The van der Waals surface area contributed by atoms with E-state index in [9.17, 15) is 0 Å². The maximum absolute atomic E-state index is 6.04. The minimum atomic E-state index is 0.385. The van der Waals surface area contributed by atoms with Crippen molar-refractivity contribution in [2.24, 2.45) is 11.3 Å². The number of hydrogen-bond donors (Lipinski definition) is 2. The SMILES string of the molecule is CC(C)(C)[C@@H]1CC=C(NNc2ccnc3cc(Cl)ccc23)CC1. The van der Waals surface area contributed by atoms with Crippen LogP contribution in [0.3, 0.4) is 0 Å². The van der Waals surface area contributed by atoms with Crippen LogP contribution in [0.4, 0.5) is 5.69 Å². The van der Waals surface area contributed by atoms with Gasteiger partial charge in [-0.05, 0) is 54.9 Å². The van der Waals surface area contributed by atoms with Crippen LogP contribution in [0.2, 0.25) is 5.02 Å². The third-order valence-electron chi connectivity index (χ3n) is 4.70. The van der Waals surface area contributed by atoms with E-state index in [1.165, 1.54) is 12.1 Å². The molecule has 1 aliphatic carbocycles. The number of hydrogen-bond acceptors (Lipinski definition) is 3. The van der Waals surface area contributed by atoms with Gasteiger partial charge in [-0.2, -0.15) is 0 Å². The van der Waals surface area contributed by atoms with Crippen molar-refractivity contribution in [1.82, 2.24) is 10.4 Å². The molecule has 2 aromatic rings. The van der Waals surface area contributed by atoms with E-state index in [2.05, 4.69) is 42.7 Å². The second-order valence-electron chi connectivity index (χ2n) is 7.34. The summed E-state index contributed by atoms with van der Waals surface area (Å²) in [6, 6.07) is 7.75. The molecule has 0 aliphatic heterocycles. The lowest BCUT2D eigenvalue weighted by Gasteiger charge is -2.33. The molecule has 0 saturated carbocycles. The summed E-state index contributed by atoms with van der Waals surface area (Å²) in [7, 11) is 0. The first-order chi connectivity index (χ1) is 10.9. The summed E-state index contributed by atoms with van der Waals surface area (Å²) in [5, 5.41) is 1.77. The van der Waals surface area contributed by atoms with Crippen LogP contribution in [0.1, 0.15) is 40.0 Å². The Bertz CT molecular complexity index is 731. The van der Waals surface area contributed by atoms with E-state index >= 15 is 0 Å². The summed E-state index contributed by atoms with van der Waals surface area (Å²) in [6.07, 6.45) is 7.58. The molecule has 0 unspecified atom stereocenters. The number of anilines is 1. The van der Waals surface area contributed by atoms with Crippen LogP contribution in [0.15, 0.2) is 42.2 Å². The van der Waals surface area contributed by atoms with Gasteiger partial charge in [0.1, 0.15) is 0 Å². The van der Waals surface area contributed by atoms with Crippen molar-refractivity contribution < 1.29 is 0 Å². The Hall–Kier alpha value is -1.74. The molecule has 1 aromatic carbocycles. The van der Waals surface area contributed by atoms with Crippen LogP contribution in [-0.2, 0) is 0 Å². The lowest BCUT2D eigenvalue weighted by atomic mass is 9.74. The third kappa shape index (κ3) is 3.78. The van der Waals surface area contributed by atoms with E-state index < -0.39 is 0 Å². The molecule has 1 atom stereocenters. The fraction of sp³-hybridized carbons (Fsp3) is 0.421. The Morgan fingerprint density at radius 2 is 2.00 bits per heavy atom. The highest BCUT2D eigenvalue weighted by Gasteiger charge is 2.26. The molecule has 2 N–H and O–H groups in total. The molecule has 1 heterocycles. The minimum Gasteiger partial charge on any atom is -0.305 e. The van der Waals surface area contributed by atoms with Gasteiger partial charge in [0, 0.05) is 22.3 Å². The predicted molar refractivity (Wildman–Crippen MR) is 98.4 cm³/mol. The molecule has 1 aromatic heterocycles. The average Bonchev–Trinajstić information content (AvgIpc) is 2.52. The molecule has 23 heavy (non-hydrogen) atoms. The molecule has 0 bridgehead atoms. The van der Waals surface area contributed by atoms with Gasteiger partial charge in [0.15, 0.2) is 0 Å². The number of allylic oxidation sites excluding steroid dienone is 2. The van der Waals surface area contributed by atoms with Crippen molar-refractivity contribution in [2.45, 2.75) is 40.0 Å². The van der Waals surface area contributed by atoms with Crippen molar-refractivity contribution in [3.63, 3.8) is 0 Å². The number of nitrogens with one attached hydrogen (secondary N) is 2. The van der Waals surface area contributed by atoms with Gasteiger partial charge in [0.2, 0.25) is 0 Å². The summed E-state index contributed by atoms with van der Waals surface area (Å²) in [6.45, 7) is 6.99. The minimum absolute atomic E-state index is 0.385. The number of aromatic nitrogens is 1. The van der Waals surface area contributed by atoms with Crippen molar-refractivity contribution in [3.05, 3.63) is 47.3 Å². The Balaban J connectivity index is 1.69. The topological polar surface area (TPSA) is 37.0 Å². The van der Waals surface area contributed by atoms with Crippen LogP contribution < -0.4 is 10.9 Å². The van der Waals surface area contributed by atoms with Crippen molar-refractivity contribution >= 4 is 28.2 Å². The lowest BCUT2D eigenvalue weighted by molar-refractivity contribution is 0.219. The highest BCUT2D eigenvalue weighted by molar-refractivity contribution is 6.31. The summed E-state index contributed by atoms with van der Waals surface area (Å²) in [5.74, 6) is 0.761. The molecule has 4 heteroatoms. The van der Waals surface area contributed by atoms with Gasteiger partial charge in [-0.25, -0.2) is 0 Å². The van der Waals surface area contributed by atoms with Gasteiger partial charge in [-0.1, -0.05) is 38.4 Å². The van der Waals surface area contributed by atoms with Crippen LogP contribution in [0.5, 0.6) is 0 Å². The number of hydrazine groups is 1. The zero-order valence-corrected chi connectivity index (χ0v) is 14.7. The van der Waals surface area contributed by atoms with Gasteiger partial charge in [0.05, 0.1) is 11.2 Å². The molecule has 122 valence electrons. The maximum atomic E-state index is 6.04. The highest BCUT2D eigenvalue weighted by atomic mass is 35.5. The second-order valence-corrected chi connectivity index (χ2v) is 7.77. The molecule has 1 aliphatic rings. The lowest BCUT2D eigenvalue weighted by Crippen LogP contribution is -2.27. The first-order valence-electron chi connectivity index (χ1n) is 8.19. The molecule has 0 radical (unpaired) electrons. The van der Waals surface area contributed by atoms with Crippen molar-refractivity contribution in [1.29, 1.82) is 0 Å². The molecule has 0 spiro atoms. The molecule has 3 nitrogen and oxygen atoms in total. The number of rotatable bonds is 3. The van der Waals surface area contributed by atoms with Crippen molar-refractivity contribution in [2.75, 3.05) is 5.43 Å². The Labute approximate surface area is 143 Å². The Kier molecular flexibility index (Phi) is 4.49. The highest BCUT2D eigenvalue weighted by Crippen LogP contribution is 2.36. The smallest absolute Gasteiger partial charge is 0.0738 e. The Morgan fingerprint density at radius 3 is 2.70 bits per heavy atom. The number of halogens is 1. The molecule has 0 amide bonds. The van der Waals surface area contributed by atoms with E-state index in [1.54, 1.807) is 6.20 Å². The van der Waals surface area contributed by atoms with E-state index in [0.29, 0.717) is 10.4 Å². The number of nitrogens with zero attached hydrogens (tertiary/aromatic N) is 1. The zero-order chi connectivity index (χ0) is 16.4. The van der Waals surface area contributed by atoms with E-state index in [0.717, 1.165) is 35.3 Å². The molecular weight excluding hydrogens is 306 g/mol. The van der Waals surface area contributed by atoms with Crippen LogP contribution in [0.25, 0.3) is 10.9 Å². The fourth-order valence-electron chi connectivity index (χ4n) is 3.11. The summed E-state index contributed by atoms with van der Waals surface area (Å²) in [4.78, 5) is 4.37. The summed E-state index contributed by atoms with van der Waals surface area (Å²) >= 11 is 6.04. The fourth-order valence-corrected chi connectivity index (χ4v) is 3.28. The van der Waals surface area contributed by atoms with Crippen LogP contribution in [0, 0.1) is 11.3 Å². The standard InChI is InChI=1S/C19H24ClN3/c1-19(2,3)13-4-7-15(8-5-13)22-23-17-10-11-21-18-12-14(20)6-9-16(17)18/h6-7,9-13,22H,4-5,8H2,1-3H3,(H,21,23)/t13-/m1/s1. The predicted octanol–water partition coefficient (Wildman–Crippen LogP) is 5.53. The first kappa shape index (κ1) is 16.1. The number of pyridine rings is 1. The normalized spacial score (nSPS) is 18.6. The average molecular weight is 330 g/mol. The molecule has 3 rings (SSSR count). The van der Waals surface area contributed by atoms with E-state index in [4.69, 9.17) is 11.6 Å². The van der Waals surface area contributed by atoms with Crippen LogP contribution in [-0.4, -0.2) is 4.98 Å². The Morgan fingerprint density at radius 1 is 1.17 bits per heavy atom. The van der Waals surface area contributed by atoms with Crippen LogP contribution >= 0.6 is 11.6 Å². The number of fused-ring (bicyclic) bond motifs is 1. The molecule has 0 saturated heterocycles. The van der Waals surface area contributed by atoms with Crippen molar-refractivity contribution in [3.8, 4) is 0 Å². The van der Waals surface area contributed by atoms with Gasteiger partial charge < -0.3 is 10.9 Å².